The Kier molecular flexibility index (Phi) is 10.9. The lowest BCUT2D eigenvalue weighted by Gasteiger charge is -2.23. The van der Waals surface area contributed by atoms with Crippen molar-refractivity contribution < 1.29 is 32.6 Å². The van der Waals surface area contributed by atoms with Crippen LogP contribution in [0.15, 0.2) is 54.6 Å². The first kappa shape index (κ1) is 32.6. The number of carboxylic acid groups (broad SMARTS) is 1. The fraction of sp³-hybridized carbons (Fsp3) is 0.290. The van der Waals surface area contributed by atoms with E-state index < -0.39 is 23.8 Å². The Hall–Kier alpha value is -4.87. The molecule has 9 nitrogen and oxygen atoms in total. The average molecular weight is 598 g/mol. The van der Waals surface area contributed by atoms with Gasteiger partial charge in [-0.05, 0) is 50.2 Å². The number of likely N-dealkylation sites (N-methyl/N-ethyl adjacent to an activating group) is 1. The Balaban J connectivity index is 0.00000162. The van der Waals surface area contributed by atoms with Crippen molar-refractivity contribution in [3.8, 4) is 5.75 Å². The van der Waals surface area contributed by atoms with Gasteiger partial charge in [0.05, 0.1) is 30.7 Å². The standard InChI is InChI=1S/C30H32F3N5O2.CH2O2/c1-17(22-8-7-9-23(28(22)31)29(32)33)34-30-24-16-21(10-12-25(24)35-18(2)36-30)38(5)20-11-13-26(40-6)19(14-20)15-27(39)37(3)4;2-1-3/h7-14,16-17,29H,15H2,1-6H3,(H,34,35,36);1H,(H,2,3)/t17-;/m0./s1. The summed E-state index contributed by atoms with van der Waals surface area (Å²) >= 11 is 0. The van der Waals surface area contributed by atoms with Gasteiger partial charge >= 0.3 is 0 Å². The molecule has 4 rings (SSSR count). The number of hydrogen-bond acceptors (Lipinski definition) is 7. The minimum Gasteiger partial charge on any atom is -0.496 e. The molecule has 0 fully saturated rings. The minimum atomic E-state index is -2.91. The number of fused-ring (bicyclic) bond motifs is 1. The topological polar surface area (TPSA) is 108 Å². The predicted octanol–water partition coefficient (Wildman–Crippen LogP) is 6.30. The summed E-state index contributed by atoms with van der Waals surface area (Å²) in [5.41, 5.74) is 2.57. The second-order valence-electron chi connectivity index (χ2n) is 9.86. The number of alkyl halides is 2. The van der Waals surface area contributed by atoms with Crippen molar-refractivity contribution in [2.45, 2.75) is 32.7 Å². The van der Waals surface area contributed by atoms with Crippen LogP contribution in [0.3, 0.4) is 0 Å². The van der Waals surface area contributed by atoms with E-state index in [4.69, 9.17) is 14.6 Å². The number of amides is 1. The van der Waals surface area contributed by atoms with Crippen LogP contribution in [0.2, 0.25) is 0 Å². The molecular formula is C31H34F3N5O4. The Morgan fingerprint density at radius 2 is 1.67 bits per heavy atom. The van der Waals surface area contributed by atoms with Crippen LogP contribution >= 0.6 is 0 Å². The minimum absolute atomic E-state index is 0.0447. The van der Waals surface area contributed by atoms with E-state index in [1.54, 1.807) is 35.1 Å². The Bertz CT molecular complexity index is 1600. The van der Waals surface area contributed by atoms with Gasteiger partial charge in [-0.25, -0.2) is 23.1 Å². The second-order valence-corrected chi connectivity index (χ2v) is 9.86. The zero-order valence-electron chi connectivity index (χ0n) is 24.7. The number of aromatic nitrogens is 2. The zero-order chi connectivity index (χ0) is 31.8. The van der Waals surface area contributed by atoms with Crippen molar-refractivity contribution in [2.24, 2.45) is 0 Å². The Labute approximate surface area is 247 Å². The van der Waals surface area contributed by atoms with Gasteiger partial charge in [-0.1, -0.05) is 18.2 Å². The summed E-state index contributed by atoms with van der Waals surface area (Å²) in [6.07, 6.45) is -2.72. The van der Waals surface area contributed by atoms with E-state index in [2.05, 4.69) is 15.3 Å². The fourth-order valence-corrected chi connectivity index (χ4v) is 4.49. The molecule has 0 aliphatic heterocycles. The van der Waals surface area contributed by atoms with Crippen LogP contribution < -0.4 is 15.0 Å². The summed E-state index contributed by atoms with van der Waals surface area (Å²) in [6.45, 7) is 3.20. The molecule has 0 aliphatic carbocycles. The van der Waals surface area contributed by atoms with Crippen LogP contribution in [-0.2, 0) is 16.0 Å². The van der Waals surface area contributed by atoms with E-state index in [9.17, 15) is 18.0 Å². The van der Waals surface area contributed by atoms with Gasteiger partial charge in [0.25, 0.3) is 12.9 Å². The van der Waals surface area contributed by atoms with Crippen LogP contribution in [0.4, 0.5) is 30.4 Å². The highest BCUT2D eigenvalue weighted by atomic mass is 19.3. The van der Waals surface area contributed by atoms with Crippen molar-refractivity contribution in [1.82, 2.24) is 14.9 Å². The molecule has 1 aromatic heterocycles. The van der Waals surface area contributed by atoms with Crippen molar-refractivity contribution in [3.63, 3.8) is 0 Å². The number of halogens is 3. The Morgan fingerprint density at radius 1 is 1.05 bits per heavy atom. The zero-order valence-corrected chi connectivity index (χ0v) is 24.7. The largest absolute Gasteiger partial charge is 0.496 e. The molecule has 43 heavy (non-hydrogen) atoms. The van der Waals surface area contributed by atoms with Gasteiger partial charge in [0.15, 0.2) is 0 Å². The number of aryl methyl sites for hydroxylation is 1. The van der Waals surface area contributed by atoms with E-state index in [1.807, 2.05) is 48.3 Å². The van der Waals surface area contributed by atoms with Crippen molar-refractivity contribution >= 4 is 40.5 Å². The number of methoxy groups -OCH3 is 1. The number of hydrogen-bond donors (Lipinski definition) is 2. The molecule has 2 N–H and O–H groups in total. The first-order valence-corrected chi connectivity index (χ1v) is 13.2. The van der Waals surface area contributed by atoms with Gasteiger partial charge in [-0.15, -0.1) is 0 Å². The van der Waals surface area contributed by atoms with E-state index in [-0.39, 0.29) is 24.4 Å². The smallest absolute Gasteiger partial charge is 0.290 e. The molecular weight excluding hydrogens is 563 g/mol. The number of carbonyl (C=O) groups is 2. The molecule has 0 spiro atoms. The SMILES string of the molecule is COc1ccc(N(C)c2ccc3nc(C)nc(N[C@@H](C)c4cccc(C(F)F)c4F)c3c2)cc1CC(=O)N(C)C.O=CO. The number of benzene rings is 3. The molecule has 0 saturated heterocycles. The summed E-state index contributed by atoms with van der Waals surface area (Å²) in [4.78, 5) is 33.3. The Morgan fingerprint density at radius 3 is 2.30 bits per heavy atom. The number of ether oxygens (including phenoxy) is 1. The van der Waals surface area contributed by atoms with Crippen LogP contribution in [0.5, 0.6) is 5.75 Å². The van der Waals surface area contributed by atoms with Crippen LogP contribution in [-0.4, -0.2) is 60.6 Å². The fourth-order valence-electron chi connectivity index (χ4n) is 4.49. The van der Waals surface area contributed by atoms with Crippen molar-refractivity contribution in [2.75, 3.05) is 38.5 Å². The highest BCUT2D eigenvalue weighted by Crippen LogP contribution is 2.34. The van der Waals surface area contributed by atoms with E-state index in [0.717, 1.165) is 23.0 Å². The molecule has 1 heterocycles. The highest BCUT2D eigenvalue weighted by molar-refractivity contribution is 5.92. The van der Waals surface area contributed by atoms with E-state index in [0.29, 0.717) is 28.3 Å². The summed E-state index contributed by atoms with van der Waals surface area (Å²) < 4.78 is 46.9. The number of nitrogens with zero attached hydrogens (tertiary/aromatic N) is 4. The monoisotopic (exact) mass is 597 g/mol. The lowest BCUT2D eigenvalue weighted by molar-refractivity contribution is -0.128. The maximum absolute atomic E-state index is 14.8. The average Bonchev–Trinajstić information content (AvgIpc) is 2.96. The quantitative estimate of drug-likeness (QED) is 0.217. The van der Waals surface area contributed by atoms with Crippen LogP contribution in [0.25, 0.3) is 10.9 Å². The molecule has 12 heteroatoms. The highest BCUT2D eigenvalue weighted by Gasteiger charge is 2.21. The molecule has 1 atom stereocenters. The molecule has 0 bridgehead atoms. The number of rotatable bonds is 9. The van der Waals surface area contributed by atoms with Crippen LogP contribution in [0.1, 0.15) is 41.9 Å². The maximum atomic E-state index is 14.8. The first-order valence-electron chi connectivity index (χ1n) is 13.2. The molecule has 0 saturated carbocycles. The van der Waals surface area contributed by atoms with Gasteiger partial charge in [0.1, 0.15) is 23.2 Å². The van der Waals surface area contributed by atoms with E-state index in [1.165, 1.54) is 17.0 Å². The molecule has 1 amide bonds. The molecule has 3 aromatic carbocycles. The number of anilines is 3. The molecule has 0 aliphatic rings. The van der Waals surface area contributed by atoms with Gasteiger partial charge in [0.2, 0.25) is 5.91 Å². The molecule has 0 unspecified atom stereocenters. The third-order valence-electron chi connectivity index (χ3n) is 6.78. The number of nitrogens with one attached hydrogen (secondary N) is 1. The summed E-state index contributed by atoms with van der Waals surface area (Å²) in [7, 11) is 6.88. The van der Waals surface area contributed by atoms with Crippen molar-refractivity contribution in [1.29, 1.82) is 0 Å². The lowest BCUT2D eigenvalue weighted by atomic mass is 10.0. The van der Waals surface area contributed by atoms with Gasteiger partial charge in [0, 0.05) is 49.0 Å². The van der Waals surface area contributed by atoms with Crippen LogP contribution in [0, 0.1) is 12.7 Å². The predicted molar refractivity (Wildman–Crippen MR) is 160 cm³/mol. The molecule has 0 radical (unpaired) electrons. The van der Waals surface area contributed by atoms with Gasteiger partial charge < -0.3 is 25.0 Å². The molecule has 4 aromatic rings. The number of carbonyl (C=O) groups excluding carboxylic acids is 1. The van der Waals surface area contributed by atoms with Crippen molar-refractivity contribution in [3.05, 3.63) is 82.9 Å². The third-order valence-corrected chi connectivity index (χ3v) is 6.78. The third kappa shape index (κ3) is 7.70. The summed E-state index contributed by atoms with van der Waals surface area (Å²) in [5.74, 6) is 0.612. The lowest BCUT2D eigenvalue weighted by Crippen LogP contribution is -2.23. The molecule has 228 valence electrons. The van der Waals surface area contributed by atoms with E-state index >= 15 is 0 Å². The van der Waals surface area contributed by atoms with Gasteiger partial charge in [-0.3, -0.25) is 9.59 Å². The van der Waals surface area contributed by atoms with Gasteiger partial charge in [-0.2, -0.15) is 0 Å². The maximum Gasteiger partial charge on any atom is 0.290 e. The summed E-state index contributed by atoms with van der Waals surface area (Å²) in [5, 5.41) is 10.8. The summed E-state index contributed by atoms with van der Waals surface area (Å²) in [6, 6.07) is 14.7. The first-order chi connectivity index (χ1) is 20.4. The second kappa shape index (κ2) is 14.3. The normalized spacial score (nSPS) is 11.4.